The van der Waals surface area contributed by atoms with E-state index in [-0.39, 0.29) is 48.5 Å². The van der Waals surface area contributed by atoms with E-state index >= 15 is 0 Å². The quantitative estimate of drug-likeness (QED) is 0.352. The first kappa shape index (κ1) is 25.5. The Kier molecular flexibility index (Phi) is 10.7. The molecule has 0 atom stereocenters. The molecule has 0 aliphatic heterocycles. The van der Waals surface area contributed by atoms with Gasteiger partial charge in [0.1, 0.15) is 0 Å². The molecule has 1 heterocycles. The van der Waals surface area contributed by atoms with Crippen molar-refractivity contribution in [2.75, 3.05) is 33.2 Å². The number of likely N-dealkylation sites (N-methyl/N-ethyl adjacent to an activating group) is 2. The van der Waals surface area contributed by atoms with Crippen LogP contribution in [0.15, 0.2) is 11.2 Å². The van der Waals surface area contributed by atoms with Crippen molar-refractivity contribution < 1.29 is 18.0 Å². The number of nitrogens with one attached hydrogen (secondary N) is 1. The molecule has 0 unspecified atom stereocenters. The molecule has 0 aliphatic carbocycles. The lowest BCUT2D eigenvalue weighted by Gasteiger charge is -2.25. The zero-order valence-corrected chi connectivity index (χ0v) is 18.6. The van der Waals surface area contributed by atoms with E-state index in [4.69, 9.17) is 0 Å². The third kappa shape index (κ3) is 7.54. The molecule has 0 saturated heterocycles. The number of hydrogen-bond donors (Lipinski definition) is 1. The first-order valence-corrected chi connectivity index (χ1v) is 8.50. The molecule has 1 aromatic rings. The number of aryl methyl sites for hydroxylation is 1. The second kappa shape index (κ2) is 11.3. The van der Waals surface area contributed by atoms with E-state index in [2.05, 4.69) is 15.4 Å². The van der Waals surface area contributed by atoms with Crippen LogP contribution in [0.4, 0.5) is 13.2 Å². The lowest BCUT2D eigenvalue weighted by molar-refractivity contribution is -0.142. The number of nitrogens with zero attached hydrogens (tertiary/aromatic N) is 5. The molecular weight excluding hydrogens is 476 g/mol. The molecule has 1 amide bonds. The third-order valence-corrected chi connectivity index (χ3v) is 3.76. The van der Waals surface area contributed by atoms with Gasteiger partial charge in [-0.1, -0.05) is 0 Å². The average Bonchev–Trinajstić information content (AvgIpc) is 2.93. The standard InChI is InChI=1S/C16H27F3N6O.HI/c1-6-20-15(23(4)11-13(26)25(7-2)8-3)21-9-12-10-24(5)22-14(12)16(17,18)19;/h10H,6-9,11H2,1-5H3,(H,20,21);1H. The molecule has 1 N–H and O–H groups in total. The van der Waals surface area contributed by atoms with Crippen LogP contribution >= 0.6 is 24.0 Å². The SMILES string of the molecule is CCNC(=NCc1cn(C)nc1C(F)(F)F)N(C)CC(=O)N(CC)CC.I. The Morgan fingerprint density at radius 3 is 2.37 bits per heavy atom. The van der Waals surface area contributed by atoms with Crippen LogP contribution in [-0.4, -0.2) is 64.7 Å². The minimum Gasteiger partial charge on any atom is -0.357 e. The minimum absolute atomic E-state index is 0. The third-order valence-electron chi connectivity index (χ3n) is 3.76. The van der Waals surface area contributed by atoms with E-state index in [1.165, 1.54) is 13.2 Å². The minimum atomic E-state index is -4.53. The van der Waals surface area contributed by atoms with Crippen molar-refractivity contribution in [1.82, 2.24) is 24.9 Å². The van der Waals surface area contributed by atoms with Gasteiger partial charge in [-0.2, -0.15) is 18.3 Å². The van der Waals surface area contributed by atoms with Crippen LogP contribution in [0, 0.1) is 0 Å². The highest BCUT2D eigenvalue weighted by Crippen LogP contribution is 2.30. The van der Waals surface area contributed by atoms with E-state index in [0.29, 0.717) is 25.6 Å². The summed E-state index contributed by atoms with van der Waals surface area (Å²) in [4.78, 5) is 19.8. The molecule has 1 aromatic heterocycles. The Balaban J connectivity index is 0.00000676. The monoisotopic (exact) mass is 504 g/mol. The van der Waals surface area contributed by atoms with Crippen LogP contribution in [-0.2, 0) is 24.6 Å². The Labute approximate surface area is 175 Å². The molecule has 0 saturated carbocycles. The molecule has 11 heteroatoms. The maximum absolute atomic E-state index is 13.0. The highest BCUT2D eigenvalue weighted by molar-refractivity contribution is 14.0. The fourth-order valence-electron chi connectivity index (χ4n) is 2.48. The number of aromatic nitrogens is 2. The van der Waals surface area contributed by atoms with Crippen molar-refractivity contribution in [2.24, 2.45) is 12.0 Å². The van der Waals surface area contributed by atoms with E-state index < -0.39 is 11.9 Å². The number of amides is 1. The summed E-state index contributed by atoms with van der Waals surface area (Å²) in [6.07, 6.45) is -3.23. The predicted octanol–water partition coefficient (Wildman–Crippen LogP) is 2.32. The number of carbonyl (C=O) groups excluding carboxylic acids is 1. The summed E-state index contributed by atoms with van der Waals surface area (Å²) < 4.78 is 40.2. The lowest BCUT2D eigenvalue weighted by atomic mass is 10.2. The number of halogens is 4. The summed E-state index contributed by atoms with van der Waals surface area (Å²) in [6, 6.07) is 0. The highest BCUT2D eigenvalue weighted by Gasteiger charge is 2.36. The van der Waals surface area contributed by atoms with Gasteiger partial charge in [-0.25, -0.2) is 4.99 Å². The molecule has 156 valence electrons. The summed E-state index contributed by atoms with van der Waals surface area (Å²) in [5, 5.41) is 6.47. The van der Waals surface area contributed by atoms with Crippen LogP contribution in [0.2, 0.25) is 0 Å². The van der Waals surface area contributed by atoms with Crippen molar-refractivity contribution in [3.8, 4) is 0 Å². The van der Waals surface area contributed by atoms with E-state index in [1.807, 2.05) is 20.8 Å². The first-order valence-electron chi connectivity index (χ1n) is 8.50. The van der Waals surface area contributed by atoms with E-state index in [0.717, 1.165) is 4.68 Å². The summed E-state index contributed by atoms with van der Waals surface area (Å²) in [5.74, 6) is 0.297. The topological polar surface area (TPSA) is 65.8 Å². The van der Waals surface area contributed by atoms with Gasteiger partial charge in [0.15, 0.2) is 11.7 Å². The van der Waals surface area contributed by atoms with Crippen molar-refractivity contribution in [3.05, 3.63) is 17.5 Å². The molecule has 0 aromatic carbocycles. The van der Waals surface area contributed by atoms with Gasteiger partial charge in [-0.05, 0) is 20.8 Å². The molecule has 0 radical (unpaired) electrons. The molecule has 27 heavy (non-hydrogen) atoms. The first-order chi connectivity index (χ1) is 12.1. The Morgan fingerprint density at radius 1 is 1.30 bits per heavy atom. The second-order valence-corrected chi connectivity index (χ2v) is 5.77. The van der Waals surface area contributed by atoms with Crippen LogP contribution in [0.5, 0.6) is 0 Å². The number of guanidine groups is 1. The van der Waals surface area contributed by atoms with Crippen LogP contribution in [0.1, 0.15) is 32.0 Å². The molecule has 0 bridgehead atoms. The van der Waals surface area contributed by atoms with Gasteiger partial charge in [0.2, 0.25) is 5.91 Å². The number of aliphatic imine (C=N–C) groups is 1. The number of carbonyl (C=O) groups is 1. The van der Waals surface area contributed by atoms with Gasteiger partial charge in [0, 0.05) is 45.5 Å². The number of hydrogen-bond acceptors (Lipinski definition) is 3. The van der Waals surface area contributed by atoms with Gasteiger partial charge in [0.05, 0.1) is 13.1 Å². The summed E-state index contributed by atoms with van der Waals surface area (Å²) in [5.41, 5.74) is -0.958. The number of alkyl halides is 3. The maximum atomic E-state index is 13.0. The fourth-order valence-corrected chi connectivity index (χ4v) is 2.48. The van der Waals surface area contributed by atoms with Gasteiger partial charge >= 0.3 is 6.18 Å². The summed E-state index contributed by atoms with van der Waals surface area (Å²) in [6.45, 7) is 7.26. The van der Waals surface area contributed by atoms with E-state index in [9.17, 15) is 18.0 Å². The molecule has 0 aliphatic rings. The van der Waals surface area contributed by atoms with Crippen molar-refractivity contribution in [2.45, 2.75) is 33.5 Å². The van der Waals surface area contributed by atoms with Gasteiger partial charge < -0.3 is 15.1 Å². The van der Waals surface area contributed by atoms with Crippen molar-refractivity contribution >= 4 is 35.8 Å². The summed E-state index contributed by atoms with van der Waals surface area (Å²) >= 11 is 0. The van der Waals surface area contributed by atoms with Gasteiger partial charge in [0.25, 0.3) is 0 Å². The molecule has 7 nitrogen and oxygen atoms in total. The second-order valence-electron chi connectivity index (χ2n) is 5.77. The van der Waals surface area contributed by atoms with E-state index in [1.54, 1.807) is 16.8 Å². The Bertz CT molecular complexity index is 628. The molecule has 0 spiro atoms. The smallest absolute Gasteiger partial charge is 0.357 e. The summed E-state index contributed by atoms with van der Waals surface area (Å²) in [7, 11) is 3.11. The maximum Gasteiger partial charge on any atom is 0.435 e. The van der Waals surface area contributed by atoms with Crippen LogP contribution < -0.4 is 5.32 Å². The normalized spacial score (nSPS) is 11.8. The van der Waals surface area contributed by atoms with Crippen LogP contribution in [0.25, 0.3) is 0 Å². The Morgan fingerprint density at radius 2 is 1.89 bits per heavy atom. The molecule has 0 fully saturated rings. The zero-order valence-electron chi connectivity index (χ0n) is 16.3. The Hall–Kier alpha value is -1.53. The van der Waals surface area contributed by atoms with Gasteiger partial charge in [-0.15, -0.1) is 24.0 Å². The van der Waals surface area contributed by atoms with Gasteiger partial charge in [-0.3, -0.25) is 9.48 Å². The molecular formula is C16H28F3IN6O. The largest absolute Gasteiger partial charge is 0.435 e. The molecule has 1 rings (SSSR count). The van der Waals surface area contributed by atoms with Crippen LogP contribution in [0.3, 0.4) is 0 Å². The average molecular weight is 504 g/mol. The van der Waals surface area contributed by atoms with Crippen molar-refractivity contribution in [1.29, 1.82) is 0 Å². The predicted molar refractivity (Wildman–Crippen MR) is 109 cm³/mol. The highest BCUT2D eigenvalue weighted by atomic mass is 127. The zero-order chi connectivity index (χ0) is 19.9. The number of rotatable bonds is 7. The van der Waals surface area contributed by atoms with Crippen molar-refractivity contribution in [3.63, 3.8) is 0 Å². The lowest BCUT2D eigenvalue weighted by Crippen LogP contribution is -2.45. The fraction of sp³-hybridized carbons (Fsp3) is 0.688.